The van der Waals surface area contributed by atoms with Gasteiger partial charge in [-0.25, -0.2) is 4.98 Å². The van der Waals surface area contributed by atoms with Crippen molar-refractivity contribution in [1.82, 2.24) is 9.55 Å². The van der Waals surface area contributed by atoms with Crippen LogP contribution in [0, 0.1) is 0 Å². The fourth-order valence-corrected chi connectivity index (χ4v) is 7.83. The molecule has 5 heterocycles. The summed E-state index contributed by atoms with van der Waals surface area (Å²) in [4.78, 5) is 6.92. The molecule has 22 heavy (non-hydrogen) atoms. The van der Waals surface area contributed by atoms with E-state index in [1.54, 1.807) is 34.9 Å². The minimum Gasteiger partial charge on any atom is -0.480 e. The average Bonchev–Trinajstić information content (AvgIpc) is 3.27. The third kappa shape index (κ3) is 2.30. The van der Waals surface area contributed by atoms with Crippen LogP contribution >= 0.6 is 58.4 Å². The van der Waals surface area contributed by atoms with Crippen molar-refractivity contribution in [2.24, 2.45) is 0 Å². The van der Waals surface area contributed by atoms with Gasteiger partial charge in [0.25, 0.3) is 0 Å². The van der Waals surface area contributed by atoms with Crippen LogP contribution in [-0.4, -0.2) is 22.8 Å². The van der Waals surface area contributed by atoms with Gasteiger partial charge in [0, 0.05) is 33.8 Å². The number of thiazole rings is 1. The minimum atomic E-state index is 0.647. The van der Waals surface area contributed by atoms with Gasteiger partial charge in [0.15, 0.2) is 5.13 Å². The van der Waals surface area contributed by atoms with E-state index in [2.05, 4.69) is 21.9 Å². The number of hydrogen-bond acceptors (Lipinski definition) is 8. The normalized spacial score (nSPS) is 20.0. The molecule has 0 saturated carbocycles. The van der Waals surface area contributed by atoms with Crippen LogP contribution in [0.5, 0.6) is 0 Å². The molecular formula is C13H8N2O2S5. The SMILES string of the molecule is c1csc(-n2cc3c(c2)SC(=C2SC4=C(OCCO4)S2)S3)n1. The Morgan fingerprint density at radius 2 is 1.55 bits per heavy atom. The zero-order chi connectivity index (χ0) is 14.5. The number of aromatic nitrogens is 2. The minimum absolute atomic E-state index is 0.647. The van der Waals surface area contributed by atoms with Crippen molar-refractivity contribution < 1.29 is 9.47 Å². The van der Waals surface area contributed by atoms with Crippen molar-refractivity contribution in [3.63, 3.8) is 0 Å². The Bertz CT molecular complexity index is 763. The van der Waals surface area contributed by atoms with Crippen LogP contribution in [-0.2, 0) is 9.47 Å². The highest BCUT2D eigenvalue weighted by atomic mass is 32.2. The van der Waals surface area contributed by atoms with Crippen molar-refractivity contribution >= 4 is 58.4 Å². The summed E-state index contributed by atoms with van der Waals surface area (Å²) in [5.74, 6) is 0. The lowest BCUT2D eigenvalue weighted by Crippen LogP contribution is -2.08. The second kappa shape index (κ2) is 5.48. The van der Waals surface area contributed by atoms with Crippen LogP contribution in [0.2, 0.25) is 0 Å². The quantitative estimate of drug-likeness (QED) is 0.691. The summed E-state index contributed by atoms with van der Waals surface area (Å²) in [5, 5.41) is 4.85. The highest BCUT2D eigenvalue weighted by Crippen LogP contribution is 2.61. The molecule has 0 atom stereocenters. The van der Waals surface area contributed by atoms with E-state index in [4.69, 9.17) is 9.47 Å². The van der Waals surface area contributed by atoms with E-state index in [-0.39, 0.29) is 0 Å². The Morgan fingerprint density at radius 1 is 0.909 bits per heavy atom. The molecule has 0 saturated heterocycles. The van der Waals surface area contributed by atoms with Gasteiger partial charge in [-0.2, -0.15) is 0 Å². The molecule has 112 valence electrons. The Labute approximate surface area is 147 Å². The Morgan fingerprint density at radius 3 is 2.14 bits per heavy atom. The fourth-order valence-electron chi connectivity index (χ4n) is 2.13. The third-order valence-electron chi connectivity index (χ3n) is 3.05. The summed E-state index contributed by atoms with van der Waals surface area (Å²) in [7, 11) is 0. The van der Waals surface area contributed by atoms with Gasteiger partial charge in [-0.15, -0.1) is 11.3 Å². The number of rotatable bonds is 1. The maximum Gasteiger partial charge on any atom is 0.208 e. The first kappa shape index (κ1) is 13.8. The van der Waals surface area contributed by atoms with Gasteiger partial charge in [-0.1, -0.05) is 23.5 Å². The summed E-state index contributed by atoms with van der Waals surface area (Å²) in [6.45, 7) is 1.29. The van der Waals surface area contributed by atoms with E-state index in [0.717, 1.165) is 15.3 Å². The number of nitrogens with zero attached hydrogens (tertiary/aromatic N) is 2. The van der Waals surface area contributed by atoms with E-state index < -0.39 is 0 Å². The standard InChI is InChI=1S/C13H8N2O2S5/c1-4-18-13(14-1)15-5-7-8(6-15)20-11(19-7)12-21-9-10(22-12)17-3-2-16-9/h1,4-6H,2-3H2. The van der Waals surface area contributed by atoms with Crippen LogP contribution in [0.1, 0.15) is 0 Å². The second-order valence-electron chi connectivity index (χ2n) is 4.46. The molecule has 3 aliphatic rings. The predicted octanol–water partition coefficient (Wildman–Crippen LogP) is 4.91. The Hall–Kier alpha value is -0.610. The first-order chi connectivity index (χ1) is 10.9. The summed E-state index contributed by atoms with van der Waals surface area (Å²) >= 11 is 8.65. The maximum absolute atomic E-state index is 5.65. The molecule has 5 rings (SSSR count). The molecule has 0 amide bonds. The van der Waals surface area contributed by atoms with Crippen LogP contribution in [0.25, 0.3) is 5.13 Å². The molecule has 0 unspecified atom stereocenters. The van der Waals surface area contributed by atoms with Gasteiger partial charge in [0.2, 0.25) is 10.2 Å². The lowest BCUT2D eigenvalue weighted by Gasteiger charge is -2.13. The topological polar surface area (TPSA) is 36.3 Å². The van der Waals surface area contributed by atoms with Gasteiger partial charge in [0.1, 0.15) is 13.2 Å². The lowest BCUT2D eigenvalue weighted by atomic mass is 10.7. The number of fused-ring (bicyclic) bond motifs is 1. The Balaban J connectivity index is 1.40. The molecule has 0 radical (unpaired) electrons. The van der Waals surface area contributed by atoms with Gasteiger partial charge in [-0.05, 0) is 23.5 Å². The molecule has 0 aliphatic carbocycles. The molecule has 0 bridgehead atoms. The van der Waals surface area contributed by atoms with Gasteiger partial charge >= 0.3 is 0 Å². The Kier molecular flexibility index (Phi) is 3.44. The van der Waals surface area contributed by atoms with Crippen molar-refractivity contribution in [1.29, 1.82) is 0 Å². The monoisotopic (exact) mass is 384 g/mol. The largest absolute Gasteiger partial charge is 0.480 e. The highest BCUT2D eigenvalue weighted by Gasteiger charge is 2.33. The predicted molar refractivity (Wildman–Crippen MR) is 94.3 cm³/mol. The fraction of sp³-hybridized carbons (Fsp3) is 0.154. The lowest BCUT2D eigenvalue weighted by molar-refractivity contribution is 0.0949. The van der Waals surface area contributed by atoms with Crippen LogP contribution in [0.3, 0.4) is 0 Å². The number of thioether (sulfide) groups is 4. The molecule has 0 aromatic carbocycles. The van der Waals surface area contributed by atoms with Crippen molar-refractivity contribution in [3.8, 4) is 5.13 Å². The molecule has 2 aromatic heterocycles. The average molecular weight is 385 g/mol. The molecule has 9 heteroatoms. The van der Waals surface area contributed by atoms with E-state index in [1.165, 1.54) is 18.3 Å². The number of hydrogen-bond donors (Lipinski definition) is 0. The van der Waals surface area contributed by atoms with E-state index in [0.29, 0.717) is 13.2 Å². The van der Waals surface area contributed by atoms with Gasteiger partial charge in [0.05, 0.1) is 8.47 Å². The summed E-state index contributed by atoms with van der Waals surface area (Å²) in [6, 6.07) is 0. The van der Waals surface area contributed by atoms with Crippen molar-refractivity contribution in [2.75, 3.05) is 13.2 Å². The third-order valence-corrected chi connectivity index (χ3v) is 9.24. The van der Waals surface area contributed by atoms with Gasteiger partial charge in [-0.3, -0.25) is 4.57 Å². The molecule has 0 fully saturated rings. The molecule has 0 spiro atoms. The van der Waals surface area contributed by atoms with E-state index in [9.17, 15) is 0 Å². The zero-order valence-corrected chi connectivity index (χ0v) is 15.1. The maximum atomic E-state index is 5.65. The van der Waals surface area contributed by atoms with E-state index in [1.807, 2.05) is 35.1 Å². The summed E-state index contributed by atoms with van der Waals surface area (Å²) < 4.78 is 16.0. The molecule has 3 aliphatic heterocycles. The van der Waals surface area contributed by atoms with Crippen molar-refractivity contribution in [2.45, 2.75) is 9.79 Å². The number of ether oxygens (including phenoxy) is 2. The first-order valence-electron chi connectivity index (χ1n) is 6.44. The summed E-state index contributed by atoms with van der Waals surface area (Å²) in [5.41, 5.74) is 0. The van der Waals surface area contributed by atoms with Crippen LogP contribution in [0.4, 0.5) is 0 Å². The van der Waals surface area contributed by atoms with Crippen LogP contribution < -0.4 is 0 Å². The molecule has 4 nitrogen and oxygen atoms in total. The smallest absolute Gasteiger partial charge is 0.208 e. The zero-order valence-electron chi connectivity index (χ0n) is 11.0. The van der Waals surface area contributed by atoms with Gasteiger partial charge < -0.3 is 9.47 Å². The second-order valence-corrected chi connectivity index (χ2v) is 9.92. The first-order valence-corrected chi connectivity index (χ1v) is 10.6. The molecule has 2 aromatic rings. The van der Waals surface area contributed by atoms with Crippen molar-refractivity contribution in [3.05, 3.63) is 42.6 Å². The summed E-state index contributed by atoms with van der Waals surface area (Å²) in [6.07, 6.45) is 6.15. The van der Waals surface area contributed by atoms with Crippen LogP contribution in [0.15, 0.2) is 52.4 Å². The highest BCUT2D eigenvalue weighted by molar-refractivity contribution is 8.32. The van der Waals surface area contributed by atoms with E-state index >= 15 is 0 Å². The molecule has 0 N–H and O–H groups in total. The molecular weight excluding hydrogens is 376 g/mol.